The first-order chi connectivity index (χ1) is 15.2. The van der Waals surface area contributed by atoms with E-state index in [0.29, 0.717) is 36.1 Å². The molecule has 3 aromatic rings. The Bertz CT molecular complexity index is 1130. The molecule has 1 atom stereocenters. The molecule has 0 saturated heterocycles. The van der Waals surface area contributed by atoms with Gasteiger partial charge in [-0.25, -0.2) is 5.48 Å². The van der Waals surface area contributed by atoms with Gasteiger partial charge in [0.1, 0.15) is 5.75 Å². The average Bonchev–Trinajstić information content (AvgIpc) is 3.62. The van der Waals surface area contributed by atoms with Crippen molar-refractivity contribution in [3.8, 4) is 11.5 Å². The standard InChI is InChI=1S/C24H23ClN4O2/c1-15-5-6-18(22(25)9-15)10-19-14-30-29-24(28-19)21-12-26-27-13-23(21)31-20-4-2-3-17(11-20)16-7-8-16/h2-6,9,11-13,16,19H,7-8,10,14H2,1H3,(H,28,29)/t19-/m1/s1. The first kappa shape index (κ1) is 20.0. The lowest BCUT2D eigenvalue weighted by molar-refractivity contribution is 0.0623. The second-order valence-corrected chi connectivity index (χ2v) is 8.47. The second-order valence-electron chi connectivity index (χ2n) is 8.06. The highest BCUT2D eigenvalue weighted by Crippen LogP contribution is 2.41. The molecule has 2 aromatic carbocycles. The molecule has 6 nitrogen and oxygen atoms in total. The van der Waals surface area contributed by atoms with E-state index in [1.165, 1.54) is 18.4 Å². The molecular weight excluding hydrogens is 412 g/mol. The molecular formula is C24H23ClN4O2. The van der Waals surface area contributed by atoms with Crippen LogP contribution >= 0.6 is 11.6 Å². The lowest BCUT2D eigenvalue weighted by atomic mass is 10.0. The van der Waals surface area contributed by atoms with E-state index in [1.807, 2.05) is 31.2 Å². The predicted octanol–water partition coefficient (Wildman–Crippen LogP) is 5.00. The molecule has 1 saturated carbocycles. The Labute approximate surface area is 186 Å². The Morgan fingerprint density at radius 2 is 2.00 bits per heavy atom. The van der Waals surface area contributed by atoms with Crippen molar-refractivity contribution in [1.29, 1.82) is 0 Å². The molecule has 0 amide bonds. The molecule has 1 aliphatic heterocycles. The minimum absolute atomic E-state index is 0.0735. The molecule has 158 valence electrons. The van der Waals surface area contributed by atoms with Crippen molar-refractivity contribution in [2.24, 2.45) is 4.99 Å². The van der Waals surface area contributed by atoms with Crippen LogP contribution in [0.2, 0.25) is 5.02 Å². The van der Waals surface area contributed by atoms with Gasteiger partial charge in [0.2, 0.25) is 0 Å². The number of aromatic nitrogens is 2. The van der Waals surface area contributed by atoms with Gasteiger partial charge in [-0.15, -0.1) is 0 Å². The number of ether oxygens (including phenoxy) is 1. The summed E-state index contributed by atoms with van der Waals surface area (Å²) in [5.41, 5.74) is 7.11. The number of nitrogens with one attached hydrogen (secondary N) is 1. The number of nitrogens with zero attached hydrogens (tertiary/aromatic N) is 3. The SMILES string of the molecule is Cc1ccc(C[C@@H]2CONC(c3cnncc3Oc3cccc(C4CC4)c3)=N2)c(Cl)c1. The van der Waals surface area contributed by atoms with Crippen molar-refractivity contribution in [3.05, 3.63) is 82.1 Å². The van der Waals surface area contributed by atoms with Crippen LogP contribution in [0.3, 0.4) is 0 Å². The molecule has 2 aliphatic rings. The molecule has 1 N–H and O–H groups in total. The van der Waals surface area contributed by atoms with Crippen molar-refractivity contribution < 1.29 is 9.57 Å². The monoisotopic (exact) mass is 434 g/mol. The molecule has 0 spiro atoms. The molecule has 0 radical (unpaired) electrons. The maximum Gasteiger partial charge on any atom is 0.160 e. The van der Waals surface area contributed by atoms with E-state index in [9.17, 15) is 0 Å². The molecule has 1 fully saturated rings. The van der Waals surface area contributed by atoms with Gasteiger partial charge in [0.25, 0.3) is 0 Å². The minimum atomic E-state index is -0.0735. The fourth-order valence-corrected chi connectivity index (χ4v) is 4.01. The van der Waals surface area contributed by atoms with Gasteiger partial charge in [-0.3, -0.25) is 9.83 Å². The van der Waals surface area contributed by atoms with Crippen LogP contribution in [-0.4, -0.2) is 28.7 Å². The van der Waals surface area contributed by atoms with Crippen LogP contribution in [0.4, 0.5) is 0 Å². The van der Waals surface area contributed by atoms with E-state index in [4.69, 9.17) is 26.2 Å². The number of halogens is 1. The zero-order valence-corrected chi connectivity index (χ0v) is 18.0. The van der Waals surface area contributed by atoms with E-state index in [2.05, 4.69) is 33.9 Å². The van der Waals surface area contributed by atoms with Crippen LogP contribution in [0.1, 0.15) is 41.0 Å². The van der Waals surface area contributed by atoms with Gasteiger partial charge in [-0.2, -0.15) is 10.2 Å². The average molecular weight is 435 g/mol. The summed E-state index contributed by atoms with van der Waals surface area (Å²) in [6, 6.07) is 14.2. The summed E-state index contributed by atoms with van der Waals surface area (Å²) in [4.78, 5) is 10.5. The summed E-state index contributed by atoms with van der Waals surface area (Å²) < 4.78 is 6.17. The lowest BCUT2D eigenvalue weighted by Gasteiger charge is -2.23. The van der Waals surface area contributed by atoms with Crippen molar-refractivity contribution in [2.75, 3.05) is 6.61 Å². The van der Waals surface area contributed by atoms with Gasteiger partial charge < -0.3 is 4.74 Å². The summed E-state index contributed by atoms with van der Waals surface area (Å²) in [6.07, 6.45) is 6.41. The maximum absolute atomic E-state index is 6.41. The number of hydrogen-bond donors (Lipinski definition) is 1. The van der Waals surface area contributed by atoms with E-state index in [0.717, 1.165) is 21.9 Å². The van der Waals surface area contributed by atoms with Gasteiger partial charge >= 0.3 is 0 Å². The number of aliphatic imine (C=N–C) groups is 1. The van der Waals surface area contributed by atoms with Crippen LogP contribution in [0.25, 0.3) is 0 Å². The summed E-state index contributed by atoms with van der Waals surface area (Å²) in [5.74, 6) is 2.58. The van der Waals surface area contributed by atoms with Crippen LogP contribution in [-0.2, 0) is 11.3 Å². The molecule has 31 heavy (non-hydrogen) atoms. The fraction of sp³-hybridized carbons (Fsp3) is 0.292. The Morgan fingerprint density at radius 3 is 2.84 bits per heavy atom. The van der Waals surface area contributed by atoms with E-state index < -0.39 is 0 Å². The Morgan fingerprint density at radius 1 is 1.13 bits per heavy atom. The Kier molecular flexibility index (Phi) is 5.57. The second kappa shape index (κ2) is 8.65. The fourth-order valence-electron chi connectivity index (χ4n) is 3.70. The quantitative estimate of drug-likeness (QED) is 0.591. The largest absolute Gasteiger partial charge is 0.455 e. The highest BCUT2D eigenvalue weighted by molar-refractivity contribution is 6.31. The molecule has 1 aromatic heterocycles. The van der Waals surface area contributed by atoms with Gasteiger partial charge in [0.05, 0.1) is 30.6 Å². The number of aryl methyl sites for hydroxylation is 1. The Hall–Kier alpha value is -2.96. The zero-order valence-electron chi connectivity index (χ0n) is 17.2. The highest BCUT2D eigenvalue weighted by atomic mass is 35.5. The Balaban J connectivity index is 1.38. The summed E-state index contributed by atoms with van der Waals surface area (Å²) >= 11 is 6.41. The first-order valence-electron chi connectivity index (χ1n) is 10.5. The third-order valence-corrected chi connectivity index (χ3v) is 5.86. The summed E-state index contributed by atoms with van der Waals surface area (Å²) in [7, 11) is 0. The summed E-state index contributed by atoms with van der Waals surface area (Å²) in [6.45, 7) is 2.48. The van der Waals surface area contributed by atoms with Crippen molar-refractivity contribution in [2.45, 2.75) is 38.1 Å². The van der Waals surface area contributed by atoms with E-state index >= 15 is 0 Å². The predicted molar refractivity (Wildman–Crippen MR) is 120 cm³/mol. The van der Waals surface area contributed by atoms with Crippen molar-refractivity contribution in [3.63, 3.8) is 0 Å². The molecule has 0 unspecified atom stereocenters. The summed E-state index contributed by atoms with van der Waals surface area (Å²) in [5, 5.41) is 8.77. The van der Waals surface area contributed by atoms with Crippen LogP contribution < -0.4 is 10.2 Å². The van der Waals surface area contributed by atoms with E-state index in [-0.39, 0.29) is 6.04 Å². The first-order valence-corrected chi connectivity index (χ1v) is 10.8. The van der Waals surface area contributed by atoms with Gasteiger partial charge in [0.15, 0.2) is 11.6 Å². The topological polar surface area (TPSA) is 68.6 Å². The third-order valence-electron chi connectivity index (χ3n) is 5.50. The molecule has 0 bridgehead atoms. The minimum Gasteiger partial charge on any atom is -0.455 e. The van der Waals surface area contributed by atoms with Crippen LogP contribution in [0.15, 0.2) is 59.9 Å². The molecule has 7 heteroatoms. The number of rotatable bonds is 6. The number of benzene rings is 2. The van der Waals surface area contributed by atoms with Gasteiger partial charge in [-0.05, 0) is 67.0 Å². The zero-order chi connectivity index (χ0) is 21.2. The lowest BCUT2D eigenvalue weighted by Crippen LogP contribution is -2.37. The third kappa shape index (κ3) is 4.70. The van der Waals surface area contributed by atoms with Crippen molar-refractivity contribution in [1.82, 2.24) is 15.7 Å². The normalized spacial score (nSPS) is 18.3. The smallest absolute Gasteiger partial charge is 0.160 e. The maximum atomic E-state index is 6.41. The number of hydroxylamine groups is 1. The van der Waals surface area contributed by atoms with Crippen LogP contribution in [0, 0.1) is 6.92 Å². The van der Waals surface area contributed by atoms with Crippen molar-refractivity contribution >= 4 is 17.4 Å². The molecule has 1 aliphatic carbocycles. The molecule has 5 rings (SSSR count). The van der Waals surface area contributed by atoms with Crippen LogP contribution in [0.5, 0.6) is 11.5 Å². The number of hydrogen-bond acceptors (Lipinski definition) is 6. The van der Waals surface area contributed by atoms with Gasteiger partial charge in [-0.1, -0.05) is 35.9 Å². The highest BCUT2D eigenvalue weighted by Gasteiger charge is 2.24. The number of amidine groups is 1. The van der Waals surface area contributed by atoms with Gasteiger partial charge in [0, 0.05) is 5.02 Å². The molecule has 2 heterocycles. The van der Waals surface area contributed by atoms with E-state index in [1.54, 1.807) is 12.4 Å².